The van der Waals surface area contributed by atoms with Gasteiger partial charge in [-0.25, -0.2) is 27.3 Å². The predicted molar refractivity (Wildman–Crippen MR) is 129 cm³/mol. The fourth-order valence-corrected chi connectivity index (χ4v) is 7.04. The summed E-state index contributed by atoms with van der Waals surface area (Å²) in [7, 11) is -4.20. The average Bonchev–Trinajstić information content (AvgIpc) is 3.48. The number of thiophene rings is 1. The number of amides is 1. The lowest BCUT2D eigenvalue weighted by atomic mass is 9.99. The van der Waals surface area contributed by atoms with Crippen molar-refractivity contribution in [3.8, 4) is 11.1 Å². The van der Waals surface area contributed by atoms with E-state index >= 15 is 4.39 Å². The van der Waals surface area contributed by atoms with Crippen LogP contribution in [0.25, 0.3) is 11.1 Å². The Bertz CT molecular complexity index is 1300. The summed E-state index contributed by atoms with van der Waals surface area (Å²) >= 11 is 1.09. The smallest absolute Gasteiger partial charge is 0.421 e. The highest BCUT2D eigenvalue weighted by molar-refractivity contribution is 7.92. The van der Waals surface area contributed by atoms with Crippen molar-refractivity contribution in [1.82, 2.24) is 14.3 Å². The Morgan fingerprint density at radius 2 is 2.15 bits per heavy atom. The van der Waals surface area contributed by atoms with Crippen molar-refractivity contribution < 1.29 is 22.3 Å². The van der Waals surface area contributed by atoms with E-state index in [-0.39, 0.29) is 16.9 Å². The van der Waals surface area contributed by atoms with Crippen LogP contribution in [0.4, 0.5) is 9.18 Å². The first-order chi connectivity index (χ1) is 16.2. The van der Waals surface area contributed by atoms with Crippen molar-refractivity contribution in [3.63, 3.8) is 0 Å². The van der Waals surface area contributed by atoms with Gasteiger partial charge < -0.3 is 9.30 Å². The maximum atomic E-state index is 15.3. The zero-order valence-electron chi connectivity index (χ0n) is 19.4. The lowest BCUT2D eigenvalue weighted by Gasteiger charge is -2.15. The molecule has 0 saturated heterocycles. The number of hydrogen-bond acceptors (Lipinski definition) is 6. The molecule has 3 heterocycles. The van der Waals surface area contributed by atoms with Crippen LogP contribution in [-0.2, 0) is 27.6 Å². The summed E-state index contributed by atoms with van der Waals surface area (Å²) in [6.07, 6.45) is 5.33. The van der Waals surface area contributed by atoms with E-state index in [2.05, 4.69) is 4.98 Å². The topological polar surface area (TPSA) is 90.3 Å². The summed E-state index contributed by atoms with van der Waals surface area (Å²) in [5, 5.41) is 0. The first-order valence-corrected chi connectivity index (χ1v) is 13.6. The van der Waals surface area contributed by atoms with Gasteiger partial charge in [0.1, 0.15) is 15.9 Å². The van der Waals surface area contributed by atoms with Crippen LogP contribution in [0.5, 0.6) is 0 Å². The van der Waals surface area contributed by atoms with Gasteiger partial charge in [0.2, 0.25) is 0 Å². The maximum absolute atomic E-state index is 15.3. The van der Waals surface area contributed by atoms with Gasteiger partial charge >= 0.3 is 6.09 Å². The summed E-state index contributed by atoms with van der Waals surface area (Å²) in [6.45, 7) is 6.00. The minimum atomic E-state index is -4.20. The molecule has 0 unspecified atom stereocenters. The number of carbonyl (C=O) groups is 1. The zero-order valence-corrected chi connectivity index (χ0v) is 21.0. The monoisotopic (exact) mass is 505 g/mol. The number of nitrogens with zero attached hydrogens (tertiary/aromatic N) is 2. The molecule has 1 aliphatic heterocycles. The molecular weight excluding hydrogens is 477 g/mol. The van der Waals surface area contributed by atoms with Crippen LogP contribution in [0, 0.1) is 11.7 Å². The van der Waals surface area contributed by atoms with Crippen molar-refractivity contribution in [3.05, 3.63) is 58.7 Å². The highest BCUT2D eigenvalue weighted by Crippen LogP contribution is 2.39. The van der Waals surface area contributed by atoms with E-state index in [1.54, 1.807) is 24.4 Å². The number of ether oxygens (including phenoxy) is 1. The number of halogens is 1. The molecule has 0 aliphatic carbocycles. The molecule has 1 aromatic carbocycles. The van der Waals surface area contributed by atoms with Crippen LogP contribution in [0.15, 0.2) is 40.9 Å². The Hall–Kier alpha value is -2.72. The highest BCUT2D eigenvalue weighted by Gasteiger charge is 2.29. The summed E-state index contributed by atoms with van der Waals surface area (Å²) < 4.78 is 50.3. The number of sulfonamides is 1. The molecule has 0 spiro atoms. The summed E-state index contributed by atoms with van der Waals surface area (Å²) in [4.78, 5) is 17.1. The van der Waals surface area contributed by atoms with E-state index in [1.165, 1.54) is 6.07 Å². The standard InChI is InChI=1S/C24H28FN3O4S2/c1-4-11-32-24(29)27-34(30,31)23-19(14-17(33-23)12-15(2)3)16-5-6-18(20(25)13-16)21-7-8-22-26-9-10-28(21)22/h5-6,9-10,13-15,21H,4,7-8,11-12H2,1-3H3,(H,27,29)/t21-/m1/s1. The number of rotatable bonds is 8. The Balaban J connectivity index is 1.70. The molecule has 2 aromatic heterocycles. The lowest BCUT2D eigenvalue weighted by molar-refractivity contribution is 0.152. The number of benzene rings is 1. The number of nitrogens with one attached hydrogen (secondary N) is 1. The highest BCUT2D eigenvalue weighted by atomic mass is 32.2. The number of hydrogen-bond donors (Lipinski definition) is 1. The van der Waals surface area contributed by atoms with Crippen molar-refractivity contribution in [2.24, 2.45) is 5.92 Å². The van der Waals surface area contributed by atoms with Gasteiger partial charge in [0, 0.05) is 34.8 Å². The second-order valence-corrected chi connectivity index (χ2v) is 11.8. The molecule has 4 rings (SSSR count). The van der Waals surface area contributed by atoms with Crippen LogP contribution >= 0.6 is 11.3 Å². The predicted octanol–water partition coefficient (Wildman–Crippen LogP) is 5.31. The van der Waals surface area contributed by atoms with Crippen LogP contribution < -0.4 is 4.72 Å². The van der Waals surface area contributed by atoms with Crippen LogP contribution in [-0.4, -0.2) is 30.7 Å². The van der Waals surface area contributed by atoms with E-state index < -0.39 is 21.9 Å². The van der Waals surface area contributed by atoms with Crippen molar-refractivity contribution in [2.45, 2.75) is 56.7 Å². The number of aromatic nitrogens is 2. The second kappa shape index (κ2) is 9.87. The fraction of sp³-hybridized carbons (Fsp3) is 0.417. The molecule has 1 aliphatic rings. The van der Waals surface area contributed by atoms with E-state index in [9.17, 15) is 13.2 Å². The maximum Gasteiger partial charge on any atom is 0.421 e. The Morgan fingerprint density at radius 1 is 1.35 bits per heavy atom. The molecule has 0 fully saturated rings. The van der Waals surface area contributed by atoms with Crippen LogP contribution in [0.2, 0.25) is 0 Å². The average molecular weight is 506 g/mol. The van der Waals surface area contributed by atoms with Gasteiger partial charge in [0.25, 0.3) is 10.0 Å². The van der Waals surface area contributed by atoms with Gasteiger partial charge in [-0.3, -0.25) is 0 Å². The summed E-state index contributed by atoms with van der Waals surface area (Å²) in [5.74, 6) is 0.828. The summed E-state index contributed by atoms with van der Waals surface area (Å²) in [6, 6.07) is 6.46. The van der Waals surface area contributed by atoms with Gasteiger partial charge in [0.05, 0.1) is 12.6 Å². The largest absolute Gasteiger partial charge is 0.449 e. The number of imidazole rings is 1. The molecule has 0 radical (unpaired) electrons. The molecule has 3 aromatic rings. The Labute approximate surface area is 203 Å². The number of carbonyl (C=O) groups excluding carboxylic acids is 1. The molecule has 1 amide bonds. The third kappa shape index (κ3) is 5.02. The van der Waals surface area contributed by atoms with Crippen molar-refractivity contribution in [1.29, 1.82) is 0 Å². The number of fused-ring (bicyclic) bond motifs is 1. The molecule has 34 heavy (non-hydrogen) atoms. The van der Waals surface area contributed by atoms with Crippen LogP contribution in [0.3, 0.4) is 0 Å². The first-order valence-electron chi connectivity index (χ1n) is 11.3. The molecule has 1 N–H and O–H groups in total. The van der Waals surface area contributed by atoms with Crippen molar-refractivity contribution in [2.75, 3.05) is 6.61 Å². The normalized spacial score (nSPS) is 15.5. The van der Waals surface area contributed by atoms with Gasteiger partial charge in [-0.1, -0.05) is 32.9 Å². The van der Waals surface area contributed by atoms with Gasteiger partial charge in [0.15, 0.2) is 0 Å². The van der Waals surface area contributed by atoms with E-state index in [0.29, 0.717) is 35.4 Å². The van der Waals surface area contributed by atoms with Gasteiger partial charge in [-0.2, -0.15) is 0 Å². The van der Waals surface area contributed by atoms with Crippen molar-refractivity contribution >= 4 is 27.5 Å². The molecule has 0 bridgehead atoms. The SMILES string of the molecule is CCCOC(=O)NS(=O)(=O)c1sc(CC(C)C)cc1-c1ccc([C@H]2CCc3nccn32)c(F)c1. The molecule has 182 valence electrons. The number of aryl methyl sites for hydroxylation is 1. The van der Waals surface area contributed by atoms with Gasteiger partial charge in [-0.05, 0) is 42.9 Å². The van der Waals surface area contributed by atoms with Gasteiger partial charge in [-0.15, -0.1) is 11.3 Å². The molecule has 1 atom stereocenters. The quantitative estimate of drug-likeness (QED) is 0.448. The summed E-state index contributed by atoms with van der Waals surface area (Å²) in [5.41, 5.74) is 1.36. The lowest BCUT2D eigenvalue weighted by Crippen LogP contribution is -2.31. The molecule has 0 saturated carbocycles. The Kier molecular flexibility index (Phi) is 7.09. The van der Waals surface area contributed by atoms with E-state index in [1.807, 2.05) is 36.3 Å². The van der Waals surface area contributed by atoms with E-state index in [4.69, 9.17) is 4.74 Å². The molecule has 10 heteroatoms. The molecule has 7 nitrogen and oxygen atoms in total. The minimum absolute atomic E-state index is 0.0264. The fourth-order valence-electron chi connectivity index (χ4n) is 4.20. The first kappa shape index (κ1) is 24.4. The molecular formula is C24H28FN3O4S2. The third-order valence-electron chi connectivity index (χ3n) is 5.65. The second-order valence-electron chi connectivity index (χ2n) is 8.79. The zero-order chi connectivity index (χ0) is 24.5. The van der Waals surface area contributed by atoms with Crippen LogP contribution in [0.1, 0.15) is 55.9 Å². The minimum Gasteiger partial charge on any atom is -0.449 e. The third-order valence-corrected chi connectivity index (χ3v) is 8.66. The van der Waals surface area contributed by atoms with E-state index in [0.717, 1.165) is 34.9 Å². The Morgan fingerprint density at radius 3 is 2.85 bits per heavy atom.